The Balaban J connectivity index is 1.39. The van der Waals surface area contributed by atoms with Crippen molar-refractivity contribution in [3.05, 3.63) is 59.7 Å². The largest absolute Gasteiger partial charge is 0.480 e. The average Bonchev–Trinajstić information content (AvgIpc) is 3.39. The van der Waals surface area contributed by atoms with Crippen molar-refractivity contribution >= 4 is 23.9 Å². The van der Waals surface area contributed by atoms with Gasteiger partial charge < -0.3 is 15.2 Å². The molecule has 2 aromatic rings. The van der Waals surface area contributed by atoms with E-state index in [2.05, 4.69) is 22.9 Å². The highest BCUT2D eigenvalue weighted by Crippen LogP contribution is 2.44. The van der Waals surface area contributed by atoms with Crippen LogP contribution in [-0.4, -0.2) is 52.7 Å². The third-order valence-corrected chi connectivity index (χ3v) is 6.48. The molecule has 0 radical (unpaired) electrons. The summed E-state index contributed by atoms with van der Waals surface area (Å²) in [5.74, 6) is -2.44. The minimum absolute atomic E-state index is 0.0833. The van der Waals surface area contributed by atoms with Crippen LogP contribution in [0.4, 0.5) is 4.79 Å². The molecule has 0 saturated carbocycles. The molecule has 9 heteroatoms. The molecular weight excluding hydrogens is 450 g/mol. The van der Waals surface area contributed by atoms with Crippen molar-refractivity contribution in [2.45, 2.75) is 57.0 Å². The molecule has 2 aromatic carbocycles. The Hall–Kier alpha value is -3.88. The maximum Gasteiger partial charge on any atom is 0.407 e. The number of unbranched alkanes of at least 4 members (excludes halogenated alkanes) is 1. The molecule has 2 aliphatic rings. The zero-order valence-corrected chi connectivity index (χ0v) is 19.5. The van der Waals surface area contributed by atoms with Crippen molar-refractivity contribution in [3.8, 4) is 11.1 Å². The molecule has 1 saturated heterocycles. The number of carbonyl (C=O) groups is 4. The Kier molecular flexibility index (Phi) is 7.33. The lowest BCUT2D eigenvalue weighted by Gasteiger charge is -2.24. The second-order valence-electron chi connectivity index (χ2n) is 8.87. The highest BCUT2D eigenvalue weighted by atomic mass is 16.5. The number of benzene rings is 2. The van der Waals surface area contributed by atoms with Gasteiger partial charge in [0.15, 0.2) is 6.04 Å². The number of carboxylic acids is 1. The van der Waals surface area contributed by atoms with Crippen molar-refractivity contribution in [2.24, 2.45) is 0 Å². The number of nitrogens with one attached hydrogen (secondary N) is 2. The second-order valence-corrected chi connectivity index (χ2v) is 8.87. The van der Waals surface area contributed by atoms with Gasteiger partial charge in [0.1, 0.15) is 6.61 Å². The number of rotatable bonds is 9. The Bertz CT molecular complexity index is 1090. The Morgan fingerprint density at radius 2 is 1.74 bits per heavy atom. The van der Waals surface area contributed by atoms with Gasteiger partial charge in [-0.25, -0.2) is 14.6 Å². The lowest BCUT2D eigenvalue weighted by molar-refractivity contribution is -0.150. The summed E-state index contributed by atoms with van der Waals surface area (Å²) in [5, 5.41) is 12.9. The fourth-order valence-corrected chi connectivity index (χ4v) is 4.75. The number of ether oxygens (including phenoxy) is 1. The van der Waals surface area contributed by atoms with Crippen molar-refractivity contribution in [1.29, 1.82) is 0 Å². The van der Waals surface area contributed by atoms with E-state index in [0.29, 0.717) is 6.42 Å². The summed E-state index contributed by atoms with van der Waals surface area (Å²) in [6, 6.07) is 14.3. The van der Waals surface area contributed by atoms with Crippen molar-refractivity contribution < 1.29 is 29.0 Å². The summed E-state index contributed by atoms with van der Waals surface area (Å²) in [6.45, 7) is 2.14. The SMILES string of the molecule is CCCC[C@@H](CC(=O)N1NC(=O)CC1C(=O)O)NC(=O)OCC1c2ccccc2-c2ccccc21. The zero-order chi connectivity index (χ0) is 24.9. The zero-order valence-electron chi connectivity index (χ0n) is 19.5. The van der Waals surface area contributed by atoms with Crippen LogP contribution in [0, 0.1) is 0 Å². The molecule has 1 unspecified atom stereocenters. The highest BCUT2D eigenvalue weighted by molar-refractivity contribution is 5.93. The van der Waals surface area contributed by atoms with E-state index in [1.807, 2.05) is 43.3 Å². The van der Waals surface area contributed by atoms with Gasteiger partial charge in [0.2, 0.25) is 11.8 Å². The predicted octanol–water partition coefficient (Wildman–Crippen LogP) is 3.19. The Labute approximate surface area is 203 Å². The van der Waals surface area contributed by atoms with Gasteiger partial charge in [-0.1, -0.05) is 68.3 Å². The molecule has 9 nitrogen and oxygen atoms in total. The third-order valence-electron chi connectivity index (χ3n) is 6.48. The molecule has 1 aliphatic carbocycles. The maximum atomic E-state index is 12.8. The van der Waals surface area contributed by atoms with E-state index < -0.39 is 36.0 Å². The van der Waals surface area contributed by atoms with E-state index >= 15 is 0 Å². The van der Waals surface area contributed by atoms with E-state index in [-0.39, 0.29) is 25.4 Å². The van der Waals surface area contributed by atoms with Gasteiger partial charge in [-0.2, -0.15) is 0 Å². The van der Waals surface area contributed by atoms with E-state index in [1.54, 1.807) is 0 Å². The highest BCUT2D eigenvalue weighted by Gasteiger charge is 2.39. The number of hydrogen-bond acceptors (Lipinski definition) is 5. The van der Waals surface area contributed by atoms with E-state index in [0.717, 1.165) is 40.1 Å². The quantitative estimate of drug-likeness (QED) is 0.507. The van der Waals surface area contributed by atoms with Crippen LogP contribution in [0.5, 0.6) is 0 Å². The molecule has 35 heavy (non-hydrogen) atoms. The topological polar surface area (TPSA) is 125 Å². The number of hydrazine groups is 1. The number of amides is 3. The summed E-state index contributed by atoms with van der Waals surface area (Å²) >= 11 is 0. The van der Waals surface area contributed by atoms with Crippen LogP contribution in [0.15, 0.2) is 48.5 Å². The molecule has 184 valence electrons. The van der Waals surface area contributed by atoms with E-state index in [4.69, 9.17) is 4.74 Å². The molecule has 1 heterocycles. The monoisotopic (exact) mass is 479 g/mol. The molecule has 4 rings (SSSR count). The van der Waals surface area contributed by atoms with E-state index in [9.17, 15) is 24.3 Å². The molecular formula is C26H29N3O6. The fourth-order valence-electron chi connectivity index (χ4n) is 4.75. The van der Waals surface area contributed by atoms with Crippen molar-refractivity contribution in [2.75, 3.05) is 6.61 Å². The number of carboxylic acid groups (broad SMARTS) is 1. The van der Waals surface area contributed by atoms with Gasteiger partial charge in [-0.15, -0.1) is 0 Å². The summed E-state index contributed by atoms with van der Waals surface area (Å²) in [7, 11) is 0. The number of nitrogens with zero attached hydrogens (tertiary/aromatic N) is 1. The number of hydrogen-bond donors (Lipinski definition) is 3. The maximum absolute atomic E-state index is 12.8. The summed E-state index contributed by atoms with van der Waals surface area (Å²) in [4.78, 5) is 48.5. The minimum Gasteiger partial charge on any atom is -0.480 e. The molecule has 0 aromatic heterocycles. The van der Waals surface area contributed by atoms with Crippen LogP contribution in [0.2, 0.25) is 0 Å². The van der Waals surface area contributed by atoms with Gasteiger partial charge in [-0.3, -0.25) is 15.0 Å². The van der Waals surface area contributed by atoms with Crippen molar-refractivity contribution in [1.82, 2.24) is 15.8 Å². The summed E-state index contributed by atoms with van der Waals surface area (Å²) < 4.78 is 5.59. The first-order chi connectivity index (χ1) is 16.9. The first-order valence-electron chi connectivity index (χ1n) is 11.8. The van der Waals surface area contributed by atoms with Crippen LogP contribution in [-0.2, 0) is 19.1 Å². The van der Waals surface area contributed by atoms with Gasteiger partial charge in [0.25, 0.3) is 0 Å². The smallest absolute Gasteiger partial charge is 0.407 e. The molecule has 1 fully saturated rings. The first kappa shape index (κ1) is 24.3. The number of fused-ring (bicyclic) bond motifs is 3. The minimum atomic E-state index is -1.26. The van der Waals surface area contributed by atoms with Gasteiger partial charge in [-0.05, 0) is 28.7 Å². The lowest BCUT2D eigenvalue weighted by atomic mass is 9.98. The third kappa shape index (κ3) is 5.29. The Morgan fingerprint density at radius 1 is 1.11 bits per heavy atom. The molecule has 0 bridgehead atoms. The van der Waals surface area contributed by atoms with Crippen LogP contribution in [0.1, 0.15) is 56.1 Å². The van der Waals surface area contributed by atoms with Gasteiger partial charge in [0, 0.05) is 18.4 Å². The number of alkyl carbamates (subject to hydrolysis) is 1. The molecule has 3 N–H and O–H groups in total. The molecule has 2 atom stereocenters. The summed E-state index contributed by atoms with van der Waals surface area (Å²) in [6.07, 6.45) is 1.06. The normalized spacial score (nSPS) is 17.3. The molecule has 3 amide bonds. The van der Waals surface area contributed by atoms with E-state index in [1.165, 1.54) is 0 Å². The lowest BCUT2D eigenvalue weighted by Crippen LogP contribution is -2.49. The predicted molar refractivity (Wildman–Crippen MR) is 127 cm³/mol. The first-order valence-corrected chi connectivity index (χ1v) is 11.8. The second kappa shape index (κ2) is 10.6. The summed E-state index contributed by atoms with van der Waals surface area (Å²) in [5.41, 5.74) is 6.76. The van der Waals surface area contributed by atoms with Crippen LogP contribution >= 0.6 is 0 Å². The van der Waals surface area contributed by atoms with Crippen molar-refractivity contribution in [3.63, 3.8) is 0 Å². The molecule has 1 aliphatic heterocycles. The average molecular weight is 480 g/mol. The standard InChI is InChI=1S/C26H29N3O6/c1-2-3-8-16(13-24(31)29-22(25(32)33)14-23(30)28-29)27-26(34)35-15-21-19-11-6-4-9-17(19)18-10-5-7-12-20(18)21/h4-7,9-12,16,21-22H,2-3,8,13-15H2,1H3,(H,27,34)(H,28,30)(H,32,33)/t16-,22?/m0/s1. The van der Waals surface area contributed by atoms with Gasteiger partial charge >= 0.3 is 12.1 Å². The van der Waals surface area contributed by atoms with Crippen LogP contribution < -0.4 is 10.7 Å². The Morgan fingerprint density at radius 3 is 2.34 bits per heavy atom. The van der Waals surface area contributed by atoms with Crippen LogP contribution in [0.3, 0.4) is 0 Å². The van der Waals surface area contributed by atoms with Crippen LogP contribution in [0.25, 0.3) is 11.1 Å². The fraction of sp³-hybridized carbons (Fsp3) is 0.385. The van der Waals surface area contributed by atoms with Gasteiger partial charge in [0.05, 0.1) is 6.42 Å². The number of carbonyl (C=O) groups excluding carboxylic acids is 3. The number of aliphatic carboxylic acids is 1. The molecule has 0 spiro atoms.